The maximum Gasteiger partial charge on any atom is 0.366 e. The number of carbonyl (C=O) groups is 1. The first-order chi connectivity index (χ1) is 7.71. The number of urea groups is 1. The Bertz CT molecular complexity index is 435. The van der Waals surface area contributed by atoms with Crippen LogP contribution in [0, 0.1) is 0 Å². The minimum atomic E-state index is -4.18. The molecule has 2 amide bonds. The van der Waals surface area contributed by atoms with Crippen LogP contribution in [0.4, 0.5) is 4.79 Å². The van der Waals surface area contributed by atoms with Crippen LogP contribution in [0.15, 0.2) is 0 Å². The molecule has 0 bridgehead atoms. The van der Waals surface area contributed by atoms with E-state index in [1.54, 1.807) is 0 Å². The SMILES string of the molecule is O=C1N2CC2CCN1S(=O)(=O)OCC(Cl)(Cl)Cl. The number of fused-ring (bicyclic) bond motifs is 1. The van der Waals surface area contributed by atoms with E-state index >= 15 is 0 Å². The molecule has 0 N–H and O–H groups in total. The smallest absolute Gasteiger partial charge is 0.317 e. The van der Waals surface area contributed by atoms with Crippen molar-refractivity contribution in [3.8, 4) is 0 Å². The van der Waals surface area contributed by atoms with E-state index in [0.717, 1.165) is 0 Å². The largest absolute Gasteiger partial charge is 0.366 e. The molecule has 0 aromatic rings. The average Bonchev–Trinajstić information content (AvgIpc) is 2.94. The third kappa shape index (κ3) is 3.08. The maximum atomic E-state index is 11.7. The van der Waals surface area contributed by atoms with Gasteiger partial charge >= 0.3 is 16.3 Å². The number of halogens is 3. The molecule has 17 heavy (non-hydrogen) atoms. The summed E-state index contributed by atoms with van der Waals surface area (Å²) in [6.07, 6.45) is 0.599. The van der Waals surface area contributed by atoms with Crippen molar-refractivity contribution in [2.75, 3.05) is 19.7 Å². The molecule has 1 unspecified atom stereocenters. The van der Waals surface area contributed by atoms with Crippen molar-refractivity contribution < 1.29 is 17.4 Å². The lowest BCUT2D eigenvalue weighted by atomic mass is 10.3. The summed E-state index contributed by atoms with van der Waals surface area (Å²) in [5.74, 6) is 0. The molecule has 0 saturated carbocycles. The van der Waals surface area contributed by atoms with Gasteiger partial charge in [-0.1, -0.05) is 34.8 Å². The van der Waals surface area contributed by atoms with Gasteiger partial charge < -0.3 is 4.90 Å². The first kappa shape index (κ1) is 13.5. The summed E-state index contributed by atoms with van der Waals surface area (Å²) >= 11 is 16.1. The maximum absolute atomic E-state index is 11.7. The first-order valence-corrected chi connectivity index (χ1v) is 7.25. The molecule has 2 saturated heterocycles. The van der Waals surface area contributed by atoms with Crippen LogP contribution in [0.5, 0.6) is 0 Å². The number of hydrogen-bond acceptors (Lipinski definition) is 4. The molecule has 2 heterocycles. The predicted molar refractivity (Wildman–Crippen MR) is 62.4 cm³/mol. The third-order valence-electron chi connectivity index (χ3n) is 2.48. The fourth-order valence-electron chi connectivity index (χ4n) is 1.58. The molecule has 6 nitrogen and oxygen atoms in total. The molecular formula is C7H9Cl3N2O4S. The van der Waals surface area contributed by atoms with Gasteiger partial charge in [0.25, 0.3) is 0 Å². The fourth-order valence-corrected chi connectivity index (χ4v) is 3.01. The molecule has 0 spiro atoms. The summed E-state index contributed by atoms with van der Waals surface area (Å²) in [4.78, 5) is 13.1. The van der Waals surface area contributed by atoms with Crippen LogP contribution in [0.3, 0.4) is 0 Å². The van der Waals surface area contributed by atoms with Gasteiger partial charge in [-0.2, -0.15) is 12.7 Å². The van der Waals surface area contributed by atoms with Crippen LogP contribution in [-0.2, 0) is 14.5 Å². The van der Waals surface area contributed by atoms with Gasteiger partial charge in [-0.3, -0.25) is 0 Å². The zero-order valence-electron chi connectivity index (χ0n) is 8.48. The summed E-state index contributed by atoms with van der Waals surface area (Å²) in [7, 11) is -4.18. The number of rotatable bonds is 3. The normalized spacial score (nSPS) is 24.9. The Labute approximate surface area is 114 Å². The highest BCUT2D eigenvalue weighted by Crippen LogP contribution is 2.31. The monoisotopic (exact) mass is 322 g/mol. The van der Waals surface area contributed by atoms with Crippen LogP contribution in [0.25, 0.3) is 0 Å². The first-order valence-electron chi connectivity index (χ1n) is 4.75. The van der Waals surface area contributed by atoms with Crippen molar-refractivity contribution in [2.24, 2.45) is 0 Å². The molecular weight excluding hydrogens is 315 g/mol. The number of hydrogen-bond donors (Lipinski definition) is 0. The van der Waals surface area contributed by atoms with Gasteiger partial charge in [0.15, 0.2) is 0 Å². The van der Waals surface area contributed by atoms with Crippen molar-refractivity contribution in [3.05, 3.63) is 0 Å². The van der Waals surface area contributed by atoms with Gasteiger partial charge in [0.1, 0.15) is 6.61 Å². The summed E-state index contributed by atoms with van der Waals surface area (Å²) in [5.41, 5.74) is 0. The number of amides is 2. The summed E-state index contributed by atoms with van der Waals surface area (Å²) in [5, 5.41) is 0. The zero-order chi connectivity index (χ0) is 12.8. The van der Waals surface area contributed by atoms with Gasteiger partial charge in [-0.15, -0.1) is 0 Å². The van der Waals surface area contributed by atoms with Crippen LogP contribution in [0.2, 0.25) is 0 Å². The van der Waals surface area contributed by atoms with E-state index < -0.39 is 26.7 Å². The van der Waals surface area contributed by atoms with Crippen molar-refractivity contribution in [1.82, 2.24) is 9.21 Å². The summed E-state index contributed by atoms with van der Waals surface area (Å²) < 4.78 is 26.7. The molecule has 0 radical (unpaired) electrons. The zero-order valence-corrected chi connectivity index (χ0v) is 11.6. The Kier molecular flexibility index (Phi) is 3.42. The number of nitrogens with zero attached hydrogens (tertiary/aromatic N) is 2. The second-order valence-electron chi connectivity index (χ2n) is 3.78. The van der Waals surface area contributed by atoms with E-state index in [0.29, 0.717) is 17.3 Å². The Hall–Kier alpha value is 0.0500. The standard InChI is InChI=1S/C7H9Cl3N2O4S/c8-7(9,10)4-16-17(14,15)12-2-1-5-3-11(5)6(12)13/h5H,1-4H2. The van der Waals surface area contributed by atoms with Gasteiger partial charge in [-0.05, 0) is 6.42 Å². The van der Waals surface area contributed by atoms with Crippen molar-refractivity contribution in [1.29, 1.82) is 0 Å². The third-order valence-corrected chi connectivity index (χ3v) is 4.10. The number of alkyl halides is 3. The Morgan fingerprint density at radius 2 is 2.06 bits per heavy atom. The highest BCUT2D eigenvalue weighted by Gasteiger charge is 2.48. The highest BCUT2D eigenvalue weighted by molar-refractivity contribution is 7.84. The fraction of sp³-hybridized carbons (Fsp3) is 0.857. The highest BCUT2D eigenvalue weighted by atomic mass is 35.6. The molecule has 2 aliphatic rings. The van der Waals surface area contributed by atoms with Gasteiger partial charge in [0.05, 0.1) is 6.04 Å². The Balaban J connectivity index is 2.02. The van der Waals surface area contributed by atoms with Crippen LogP contribution >= 0.6 is 34.8 Å². The van der Waals surface area contributed by atoms with E-state index in [4.69, 9.17) is 34.8 Å². The van der Waals surface area contributed by atoms with Gasteiger partial charge in [-0.25, -0.2) is 8.98 Å². The Morgan fingerprint density at radius 3 is 2.65 bits per heavy atom. The van der Waals surface area contributed by atoms with Crippen LogP contribution in [0.1, 0.15) is 6.42 Å². The minimum Gasteiger partial charge on any atom is -0.317 e. The molecule has 2 aliphatic heterocycles. The van der Waals surface area contributed by atoms with E-state index in [1.165, 1.54) is 4.90 Å². The molecule has 1 atom stereocenters. The van der Waals surface area contributed by atoms with Gasteiger partial charge in [0.2, 0.25) is 3.79 Å². The lowest BCUT2D eigenvalue weighted by Crippen LogP contribution is -2.45. The van der Waals surface area contributed by atoms with E-state index in [1.807, 2.05) is 0 Å². The van der Waals surface area contributed by atoms with Crippen LogP contribution < -0.4 is 0 Å². The molecule has 98 valence electrons. The predicted octanol–water partition coefficient (Wildman–Crippen LogP) is 1.13. The number of carbonyl (C=O) groups excluding carboxylic acids is 1. The topological polar surface area (TPSA) is 66.7 Å². The van der Waals surface area contributed by atoms with E-state index in [-0.39, 0.29) is 12.6 Å². The lowest BCUT2D eigenvalue weighted by molar-refractivity contribution is 0.188. The van der Waals surface area contributed by atoms with Crippen molar-refractivity contribution >= 4 is 51.1 Å². The molecule has 0 aliphatic carbocycles. The summed E-state index contributed by atoms with van der Waals surface area (Å²) in [6.45, 7) is 0.0602. The van der Waals surface area contributed by atoms with Crippen LogP contribution in [-0.4, -0.2) is 53.2 Å². The molecule has 2 rings (SSSR count). The summed E-state index contributed by atoms with van der Waals surface area (Å²) in [6, 6.07) is -0.410. The van der Waals surface area contributed by atoms with E-state index in [2.05, 4.69) is 4.18 Å². The van der Waals surface area contributed by atoms with Gasteiger partial charge in [0, 0.05) is 13.1 Å². The van der Waals surface area contributed by atoms with E-state index in [9.17, 15) is 13.2 Å². The second-order valence-corrected chi connectivity index (χ2v) is 7.83. The average molecular weight is 324 g/mol. The molecule has 0 aromatic heterocycles. The minimum absolute atomic E-state index is 0.0994. The molecule has 10 heteroatoms. The van der Waals surface area contributed by atoms with Crippen molar-refractivity contribution in [2.45, 2.75) is 16.3 Å². The quantitative estimate of drug-likeness (QED) is 0.577. The Morgan fingerprint density at radius 1 is 1.41 bits per heavy atom. The molecule has 2 fully saturated rings. The second kappa shape index (κ2) is 4.31. The van der Waals surface area contributed by atoms with Crippen molar-refractivity contribution in [3.63, 3.8) is 0 Å². The lowest BCUT2D eigenvalue weighted by Gasteiger charge is -2.26. The molecule has 0 aromatic carbocycles.